The molecule has 0 unspecified atom stereocenters. The molecule has 0 saturated carbocycles. The van der Waals surface area contributed by atoms with Crippen LogP contribution in [0.25, 0.3) is 0 Å². The smallest absolute Gasteiger partial charge is 0.185 e. The number of carbonyl (C=O) groups is 1. The van der Waals surface area contributed by atoms with E-state index in [1.807, 2.05) is 27.7 Å². The van der Waals surface area contributed by atoms with Gasteiger partial charge in [0.05, 0.1) is 43.2 Å². The number of hydrogen-bond acceptors (Lipinski definition) is 6. The van der Waals surface area contributed by atoms with E-state index in [1.165, 1.54) is 6.07 Å². The van der Waals surface area contributed by atoms with E-state index in [9.17, 15) is 9.18 Å². The van der Waals surface area contributed by atoms with Gasteiger partial charge in [-0.25, -0.2) is 8.78 Å². The lowest BCUT2D eigenvalue weighted by molar-refractivity contribution is -0.226. The van der Waals surface area contributed by atoms with E-state index in [1.54, 1.807) is 4.90 Å². The predicted octanol–water partition coefficient (Wildman–Crippen LogP) is 2.79. The number of rotatable bonds is 4. The minimum atomic E-state index is -1.20. The summed E-state index contributed by atoms with van der Waals surface area (Å²) in [5.74, 6) is -2.96. The van der Waals surface area contributed by atoms with Crippen molar-refractivity contribution in [2.75, 3.05) is 37.7 Å². The first-order valence-corrected chi connectivity index (χ1v) is 9.51. The van der Waals surface area contributed by atoms with Gasteiger partial charge in [-0.05, 0) is 19.9 Å². The third-order valence-electron chi connectivity index (χ3n) is 4.94. The van der Waals surface area contributed by atoms with Crippen LogP contribution in [-0.4, -0.2) is 50.8 Å². The number of halogens is 2. The fourth-order valence-electron chi connectivity index (χ4n) is 3.68. The Labute approximate surface area is 163 Å². The number of hydrogen-bond donors (Lipinski definition) is 1. The number of morpholine rings is 1. The van der Waals surface area contributed by atoms with Crippen LogP contribution in [0, 0.1) is 17.0 Å². The minimum absolute atomic E-state index is 0.0535. The van der Waals surface area contributed by atoms with Gasteiger partial charge in [-0.15, -0.1) is 0 Å². The van der Waals surface area contributed by atoms with Crippen molar-refractivity contribution in [1.82, 2.24) is 0 Å². The summed E-state index contributed by atoms with van der Waals surface area (Å²) in [6.45, 7) is 8.87. The van der Waals surface area contributed by atoms with Crippen LogP contribution in [0.4, 0.5) is 14.5 Å². The lowest BCUT2D eigenvalue weighted by atomic mass is 9.94. The van der Waals surface area contributed by atoms with E-state index < -0.39 is 30.3 Å². The van der Waals surface area contributed by atoms with Gasteiger partial charge in [0.15, 0.2) is 23.7 Å². The summed E-state index contributed by atoms with van der Waals surface area (Å²) < 4.78 is 47.3. The molecule has 0 spiro atoms. The van der Waals surface area contributed by atoms with Crippen LogP contribution in [0.15, 0.2) is 6.07 Å². The van der Waals surface area contributed by atoms with E-state index in [2.05, 4.69) is 0 Å². The Kier molecular flexibility index (Phi) is 6.05. The monoisotopic (exact) mass is 398 g/mol. The topological polar surface area (TPSA) is 74.0 Å². The molecule has 1 aromatic carbocycles. The van der Waals surface area contributed by atoms with Crippen LogP contribution in [0.2, 0.25) is 0 Å². The lowest BCUT2D eigenvalue weighted by Gasteiger charge is -2.40. The highest BCUT2D eigenvalue weighted by molar-refractivity contribution is 5.98. The Bertz CT molecular complexity index is 736. The van der Waals surface area contributed by atoms with E-state index >= 15 is 4.39 Å². The molecular weight excluding hydrogens is 370 g/mol. The van der Waals surface area contributed by atoms with Crippen LogP contribution < -0.4 is 10.6 Å². The van der Waals surface area contributed by atoms with Gasteiger partial charge in [0, 0.05) is 24.1 Å². The lowest BCUT2D eigenvalue weighted by Crippen LogP contribution is -2.46. The summed E-state index contributed by atoms with van der Waals surface area (Å²) in [5.41, 5.74) is 5.16. The molecule has 3 rings (SSSR count). The maximum atomic E-state index is 15.2. The van der Waals surface area contributed by atoms with Crippen molar-refractivity contribution in [2.24, 2.45) is 11.1 Å². The average Bonchev–Trinajstić information content (AvgIpc) is 2.62. The molecule has 2 fully saturated rings. The first-order valence-electron chi connectivity index (χ1n) is 9.51. The average molecular weight is 398 g/mol. The number of benzene rings is 1. The van der Waals surface area contributed by atoms with Crippen LogP contribution in [0.1, 0.15) is 49.9 Å². The van der Waals surface area contributed by atoms with Gasteiger partial charge in [-0.3, -0.25) is 4.79 Å². The normalized spacial score (nSPS) is 25.8. The summed E-state index contributed by atoms with van der Waals surface area (Å²) in [7, 11) is 0. The molecule has 0 bridgehead atoms. The van der Waals surface area contributed by atoms with Crippen molar-refractivity contribution >= 4 is 11.5 Å². The Morgan fingerprint density at radius 3 is 2.29 bits per heavy atom. The first-order chi connectivity index (χ1) is 13.1. The Hall–Kier alpha value is -1.61. The number of nitrogens with two attached hydrogens (primary N) is 1. The van der Waals surface area contributed by atoms with E-state index in [0.29, 0.717) is 31.9 Å². The number of nitrogens with zero attached hydrogens (tertiary/aromatic N) is 1. The maximum absolute atomic E-state index is 15.2. The Morgan fingerprint density at radius 1 is 1.18 bits per heavy atom. The van der Waals surface area contributed by atoms with Crippen LogP contribution in [0.3, 0.4) is 0 Å². The molecule has 2 N–H and O–H groups in total. The molecule has 8 heteroatoms. The van der Waals surface area contributed by atoms with Crippen LogP contribution >= 0.6 is 0 Å². The third kappa shape index (κ3) is 4.20. The zero-order valence-corrected chi connectivity index (χ0v) is 16.8. The van der Waals surface area contributed by atoms with Crippen molar-refractivity contribution in [2.45, 2.75) is 46.2 Å². The Balaban J connectivity index is 2.08. The van der Waals surface area contributed by atoms with Gasteiger partial charge in [0.2, 0.25) is 0 Å². The molecule has 0 amide bonds. The van der Waals surface area contributed by atoms with Gasteiger partial charge in [0.1, 0.15) is 0 Å². The van der Waals surface area contributed by atoms with Crippen molar-refractivity contribution in [3.8, 4) is 0 Å². The van der Waals surface area contributed by atoms with E-state index in [0.717, 1.165) is 0 Å². The highest BCUT2D eigenvalue weighted by Gasteiger charge is 2.36. The highest BCUT2D eigenvalue weighted by Crippen LogP contribution is 2.40. The number of carbonyl (C=O) groups excluding carboxylic acids is 1. The minimum Gasteiger partial charge on any atom is -0.372 e. The van der Waals surface area contributed by atoms with Crippen LogP contribution in [0.5, 0.6) is 0 Å². The Morgan fingerprint density at radius 2 is 1.75 bits per heavy atom. The number of ether oxygens (including phenoxy) is 3. The number of anilines is 1. The third-order valence-corrected chi connectivity index (χ3v) is 4.94. The molecule has 1 aromatic rings. The largest absolute Gasteiger partial charge is 0.372 e. The number of ketones is 1. The van der Waals surface area contributed by atoms with E-state index in [-0.39, 0.29) is 28.9 Å². The quantitative estimate of drug-likeness (QED) is 0.787. The molecule has 156 valence electrons. The standard InChI is InChI=1S/C20H28F2N2O4/c1-11-7-24(8-12(2)28-11)18-14(19-26-9-20(3,4)10-27-19)5-13(15(25)6-23)16(21)17(18)22/h5,11-12,19H,6-10,23H2,1-4H3/t11-,12-/m1/s1. The fraction of sp³-hybridized carbons (Fsp3) is 0.650. The predicted molar refractivity (Wildman–Crippen MR) is 100 cm³/mol. The highest BCUT2D eigenvalue weighted by atomic mass is 19.2. The second-order valence-electron chi connectivity index (χ2n) is 8.40. The van der Waals surface area contributed by atoms with Crippen molar-refractivity contribution < 1.29 is 27.8 Å². The van der Waals surface area contributed by atoms with Gasteiger partial charge in [-0.1, -0.05) is 13.8 Å². The zero-order chi connectivity index (χ0) is 20.6. The van der Waals surface area contributed by atoms with Gasteiger partial charge >= 0.3 is 0 Å². The van der Waals surface area contributed by atoms with Gasteiger partial charge in [0.25, 0.3) is 0 Å². The zero-order valence-electron chi connectivity index (χ0n) is 16.8. The molecule has 0 radical (unpaired) electrons. The summed E-state index contributed by atoms with van der Waals surface area (Å²) in [6.07, 6.45) is -1.20. The second kappa shape index (κ2) is 8.02. The molecule has 0 aliphatic carbocycles. The molecule has 0 aromatic heterocycles. The van der Waals surface area contributed by atoms with Crippen molar-refractivity contribution in [1.29, 1.82) is 0 Å². The van der Waals surface area contributed by atoms with Crippen molar-refractivity contribution in [3.05, 3.63) is 28.8 Å². The van der Waals surface area contributed by atoms with Gasteiger partial charge < -0.3 is 24.8 Å². The maximum Gasteiger partial charge on any atom is 0.185 e. The summed E-state index contributed by atoms with van der Waals surface area (Å²) in [6, 6.07) is 1.32. The molecule has 6 nitrogen and oxygen atoms in total. The molecule has 28 heavy (non-hydrogen) atoms. The number of Topliss-reactive ketones (excluding diaryl/α,β-unsaturated/α-hetero) is 1. The molecule has 2 aliphatic heterocycles. The second-order valence-corrected chi connectivity index (χ2v) is 8.40. The fourth-order valence-corrected chi connectivity index (χ4v) is 3.68. The van der Waals surface area contributed by atoms with Crippen molar-refractivity contribution in [3.63, 3.8) is 0 Å². The molecular formula is C20H28F2N2O4. The summed E-state index contributed by atoms with van der Waals surface area (Å²) in [5, 5.41) is 0. The molecule has 2 aliphatic rings. The molecule has 2 heterocycles. The summed E-state index contributed by atoms with van der Waals surface area (Å²) in [4.78, 5) is 13.8. The summed E-state index contributed by atoms with van der Waals surface area (Å²) >= 11 is 0. The first kappa shape index (κ1) is 21.1. The molecule has 2 saturated heterocycles. The van der Waals surface area contributed by atoms with Crippen LogP contribution in [-0.2, 0) is 14.2 Å². The molecule has 2 atom stereocenters. The SMILES string of the molecule is C[C@@H]1CN(c2c(C3OCC(C)(C)CO3)cc(C(=O)CN)c(F)c2F)C[C@@H](C)O1. The van der Waals surface area contributed by atoms with E-state index in [4.69, 9.17) is 19.9 Å². The van der Waals surface area contributed by atoms with Gasteiger partial charge in [-0.2, -0.15) is 0 Å².